The van der Waals surface area contributed by atoms with E-state index in [4.69, 9.17) is 16.7 Å². The van der Waals surface area contributed by atoms with Crippen LogP contribution in [-0.4, -0.2) is 48.0 Å². The Hall–Kier alpha value is -0.620. The monoisotopic (exact) mass is 458 g/mol. The normalized spacial score (nSPS) is 26.9. The number of nitrogens with two attached hydrogens (primary N) is 1. The first-order valence-electron chi connectivity index (χ1n) is 8.25. The SMILES string of the molecule is CN(C)CC1CCC2(CC1)Nc1cc(Cl)c(S(N)(=O)=O)cc1S(=O)(=O)N2.Cl. The van der Waals surface area contributed by atoms with E-state index in [1.54, 1.807) is 0 Å². The van der Waals surface area contributed by atoms with Crippen LogP contribution in [-0.2, 0) is 20.0 Å². The number of anilines is 1. The van der Waals surface area contributed by atoms with Crippen molar-refractivity contribution >= 4 is 49.7 Å². The number of hydrogen-bond acceptors (Lipinski definition) is 6. The molecule has 1 aliphatic heterocycles. The average molecular weight is 459 g/mol. The summed E-state index contributed by atoms with van der Waals surface area (Å²) in [5, 5.41) is 8.25. The molecular weight excluding hydrogens is 435 g/mol. The van der Waals surface area contributed by atoms with Gasteiger partial charge in [-0.25, -0.2) is 22.0 Å². The molecule has 0 aromatic heterocycles. The van der Waals surface area contributed by atoms with Gasteiger partial charge in [-0.2, -0.15) is 4.72 Å². The van der Waals surface area contributed by atoms with Crippen molar-refractivity contribution in [1.82, 2.24) is 9.62 Å². The predicted molar refractivity (Wildman–Crippen MR) is 107 cm³/mol. The summed E-state index contributed by atoms with van der Waals surface area (Å²) in [6.45, 7) is 0.961. The van der Waals surface area contributed by atoms with Crippen LogP contribution in [0.1, 0.15) is 25.7 Å². The molecule has 3 rings (SSSR count). The van der Waals surface area contributed by atoms with Gasteiger partial charge in [-0.1, -0.05) is 11.6 Å². The Morgan fingerprint density at radius 2 is 1.89 bits per heavy atom. The molecule has 1 heterocycles. The van der Waals surface area contributed by atoms with Crippen LogP contribution in [0.5, 0.6) is 0 Å². The lowest BCUT2D eigenvalue weighted by Crippen LogP contribution is -2.59. The van der Waals surface area contributed by atoms with Gasteiger partial charge in [0.15, 0.2) is 0 Å². The molecule has 0 atom stereocenters. The number of benzene rings is 1. The van der Waals surface area contributed by atoms with Crippen molar-refractivity contribution in [2.24, 2.45) is 11.1 Å². The molecule has 0 bridgehead atoms. The lowest BCUT2D eigenvalue weighted by atomic mass is 9.81. The van der Waals surface area contributed by atoms with Crippen LogP contribution in [0.4, 0.5) is 5.69 Å². The summed E-state index contributed by atoms with van der Waals surface area (Å²) in [4.78, 5) is 1.56. The maximum absolute atomic E-state index is 12.8. The largest absolute Gasteiger partial charge is 0.365 e. The molecule has 1 aromatic rings. The summed E-state index contributed by atoms with van der Waals surface area (Å²) >= 11 is 6.03. The third-order valence-corrected chi connectivity index (χ3v) is 7.87. The standard InChI is InChI=1S/C15H23ClN4O4S2.ClH/c1-20(2)9-10-3-5-15(6-4-10)18-12-7-11(16)13(25(17,21)22)8-14(12)26(23,24)19-15;/h7-8,10,18-19H,3-6,9H2,1-2H3,(H2,17,21,22);1H. The van der Waals surface area contributed by atoms with E-state index in [0.29, 0.717) is 24.4 Å². The zero-order valence-electron chi connectivity index (χ0n) is 15.0. The second kappa shape index (κ2) is 7.66. The molecule has 154 valence electrons. The fourth-order valence-electron chi connectivity index (χ4n) is 3.76. The average Bonchev–Trinajstić information content (AvgIpc) is 2.46. The lowest BCUT2D eigenvalue weighted by molar-refractivity contribution is 0.201. The van der Waals surface area contributed by atoms with E-state index >= 15 is 0 Å². The van der Waals surface area contributed by atoms with Crippen LogP contribution in [0.2, 0.25) is 5.02 Å². The van der Waals surface area contributed by atoms with Crippen LogP contribution in [0.3, 0.4) is 0 Å². The highest BCUT2D eigenvalue weighted by Crippen LogP contribution is 2.41. The fraction of sp³-hybridized carbons (Fsp3) is 0.600. The zero-order chi connectivity index (χ0) is 19.3. The van der Waals surface area contributed by atoms with Gasteiger partial charge >= 0.3 is 0 Å². The van der Waals surface area contributed by atoms with Gasteiger partial charge in [0.25, 0.3) is 0 Å². The smallest absolute Gasteiger partial charge is 0.244 e. The second-order valence-corrected chi connectivity index (χ2v) is 10.9. The van der Waals surface area contributed by atoms with E-state index in [0.717, 1.165) is 25.5 Å². The first kappa shape index (κ1) is 22.7. The van der Waals surface area contributed by atoms with Crippen molar-refractivity contribution in [3.63, 3.8) is 0 Å². The molecule has 1 aliphatic carbocycles. The van der Waals surface area contributed by atoms with Crippen molar-refractivity contribution in [2.75, 3.05) is 26.0 Å². The Labute approximate surface area is 171 Å². The predicted octanol–water partition coefficient (Wildman–Crippen LogP) is 1.56. The molecular formula is C15H24Cl2N4O4S2. The number of nitrogens with one attached hydrogen (secondary N) is 2. The summed E-state index contributed by atoms with van der Waals surface area (Å²) in [6, 6.07) is 2.33. The van der Waals surface area contributed by atoms with Gasteiger partial charge in [0.2, 0.25) is 20.0 Å². The maximum atomic E-state index is 12.8. The molecule has 1 fully saturated rings. The number of nitrogens with zero attached hydrogens (tertiary/aromatic N) is 1. The van der Waals surface area contributed by atoms with Gasteiger partial charge in [0.1, 0.15) is 15.5 Å². The zero-order valence-corrected chi connectivity index (χ0v) is 18.2. The van der Waals surface area contributed by atoms with Gasteiger partial charge in [-0.3, -0.25) is 0 Å². The first-order valence-corrected chi connectivity index (χ1v) is 11.7. The number of fused-ring (bicyclic) bond motifs is 1. The van der Waals surface area contributed by atoms with Crippen molar-refractivity contribution in [3.8, 4) is 0 Å². The van der Waals surface area contributed by atoms with Gasteiger partial charge in [-0.15, -0.1) is 12.4 Å². The van der Waals surface area contributed by atoms with E-state index in [1.165, 1.54) is 6.07 Å². The van der Waals surface area contributed by atoms with Gasteiger partial charge in [-0.05, 0) is 57.8 Å². The van der Waals surface area contributed by atoms with E-state index in [2.05, 4.69) is 14.9 Å². The summed E-state index contributed by atoms with van der Waals surface area (Å²) < 4.78 is 51.5. The van der Waals surface area contributed by atoms with Crippen molar-refractivity contribution in [2.45, 2.75) is 41.1 Å². The molecule has 2 aliphatic rings. The molecule has 0 unspecified atom stereocenters. The number of hydrogen-bond donors (Lipinski definition) is 3. The summed E-state index contributed by atoms with van der Waals surface area (Å²) in [5.74, 6) is 0.511. The fourth-order valence-corrected chi connectivity index (χ4v) is 6.49. The van der Waals surface area contributed by atoms with E-state index in [-0.39, 0.29) is 22.3 Å². The Kier molecular flexibility index (Phi) is 6.43. The van der Waals surface area contributed by atoms with Gasteiger partial charge < -0.3 is 10.2 Å². The topological polar surface area (TPSA) is 122 Å². The molecule has 1 saturated carbocycles. The van der Waals surface area contributed by atoms with E-state index in [1.807, 2.05) is 14.1 Å². The highest BCUT2D eigenvalue weighted by atomic mass is 35.5. The van der Waals surface area contributed by atoms with Crippen molar-refractivity contribution < 1.29 is 16.8 Å². The van der Waals surface area contributed by atoms with Crippen LogP contribution < -0.4 is 15.2 Å². The minimum atomic E-state index is -4.13. The lowest BCUT2D eigenvalue weighted by Gasteiger charge is -2.45. The Bertz CT molecular complexity index is 927. The van der Waals surface area contributed by atoms with E-state index in [9.17, 15) is 16.8 Å². The number of halogens is 2. The quantitative estimate of drug-likeness (QED) is 0.631. The number of sulfonamides is 2. The number of rotatable bonds is 3. The summed E-state index contributed by atoms with van der Waals surface area (Å²) in [6.07, 6.45) is 3.04. The molecule has 8 nitrogen and oxygen atoms in total. The molecule has 0 amide bonds. The van der Waals surface area contributed by atoms with Crippen LogP contribution in [0.15, 0.2) is 21.9 Å². The molecule has 1 aromatic carbocycles. The number of primary sulfonamides is 1. The Morgan fingerprint density at radius 1 is 1.30 bits per heavy atom. The van der Waals surface area contributed by atoms with E-state index < -0.39 is 30.6 Å². The van der Waals surface area contributed by atoms with Crippen molar-refractivity contribution in [1.29, 1.82) is 0 Å². The molecule has 0 radical (unpaired) electrons. The Balaban J connectivity index is 0.00000261. The summed E-state index contributed by atoms with van der Waals surface area (Å²) in [5.41, 5.74) is -0.478. The minimum absolute atomic E-state index is 0. The maximum Gasteiger partial charge on any atom is 0.244 e. The van der Waals surface area contributed by atoms with Gasteiger partial charge in [0.05, 0.1) is 10.7 Å². The van der Waals surface area contributed by atoms with Crippen LogP contribution in [0.25, 0.3) is 0 Å². The molecule has 27 heavy (non-hydrogen) atoms. The minimum Gasteiger partial charge on any atom is -0.365 e. The Morgan fingerprint density at radius 3 is 2.41 bits per heavy atom. The van der Waals surface area contributed by atoms with Crippen LogP contribution >= 0.6 is 24.0 Å². The molecule has 12 heteroatoms. The highest BCUT2D eigenvalue weighted by Gasteiger charge is 2.44. The third-order valence-electron chi connectivity index (χ3n) is 4.92. The second-order valence-electron chi connectivity index (χ2n) is 7.34. The molecule has 4 N–H and O–H groups in total. The molecule has 1 spiro atoms. The van der Waals surface area contributed by atoms with Crippen LogP contribution in [0, 0.1) is 5.92 Å². The summed E-state index contributed by atoms with van der Waals surface area (Å²) in [7, 11) is -3.98. The van der Waals surface area contributed by atoms with Gasteiger partial charge in [0, 0.05) is 6.54 Å². The molecule has 0 saturated heterocycles. The highest BCUT2D eigenvalue weighted by molar-refractivity contribution is 7.90. The third kappa shape index (κ3) is 4.69. The first-order chi connectivity index (χ1) is 11.9. The van der Waals surface area contributed by atoms with Crippen molar-refractivity contribution in [3.05, 3.63) is 17.2 Å².